The van der Waals surface area contributed by atoms with E-state index in [1.54, 1.807) is 0 Å². The molecule has 0 aromatic heterocycles. The van der Waals surface area contributed by atoms with E-state index in [0.717, 1.165) is 18.6 Å². The lowest BCUT2D eigenvalue weighted by Crippen LogP contribution is -2.19. The van der Waals surface area contributed by atoms with E-state index in [1.165, 1.54) is 0 Å². The molecule has 11 heavy (non-hydrogen) atoms. The van der Waals surface area contributed by atoms with Gasteiger partial charge in [-0.25, -0.2) is 0 Å². The van der Waals surface area contributed by atoms with E-state index in [-0.39, 0.29) is 0 Å². The molecule has 1 heterocycles. The van der Waals surface area contributed by atoms with E-state index in [0.29, 0.717) is 5.41 Å². The van der Waals surface area contributed by atoms with Crippen molar-refractivity contribution in [3.63, 3.8) is 0 Å². The van der Waals surface area contributed by atoms with E-state index in [2.05, 4.69) is 39.2 Å². The smallest absolute Gasteiger partial charge is 0.0304 e. The topological polar surface area (TPSA) is 3.01 Å². The van der Waals surface area contributed by atoms with E-state index in [4.69, 9.17) is 0 Å². The first kappa shape index (κ1) is 8.79. The van der Waals surface area contributed by atoms with Crippen LogP contribution in [-0.4, -0.2) is 23.5 Å². The molecule has 1 rings (SSSR count). The maximum atomic E-state index is 3.75. The van der Waals surface area contributed by atoms with Crippen LogP contribution >= 0.6 is 0 Å². The molecule has 0 radical (unpaired) electrons. The van der Waals surface area contributed by atoms with Gasteiger partial charge in [-0.1, -0.05) is 26.8 Å². The molecule has 1 unspecified atom stereocenters. The zero-order chi connectivity index (χ0) is 8.65. The third-order valence-electron chi connectivity index (χ3n) is 2.47. The quantitative estimate of drug-likeness (QED) is 0.434. The van der Waals surface area contributed by atoms with Crippen LogP contribution in [0, 0.1) is 5.41 Å². The summed E-state index contributed by atoms with van der Waals surface area (Å²) in [5.41, 5.74) is 0.433. The van der Waals surface area contributed by atoms with E-state index >= 15 is 0 Å². The van der Waals surface area contributed by atoms with Crippen LogP contribution in [0.2, 0.25) is 0 Å². The van der Waals surface area contributed by atoms with Crippen molar-refractivity contribution < 1.29 is 0 Å². The van der Waals surface area contributed by atoms with Crippen LogP contribution in [0.3, 0.4) is 0 Å². The highest BCUT2D eigenvalue weighted by molar-refractivity contribution is 5.07. The Morgan fingerprint density at radius 2 is 2.00 bits per heavy atom. The monoisotopic (exact) mass is 153 g/mol. The second-order valence-corrected chi connectivity index (χ2v) is 4.54. The Hall–Kier alpha value is -0.300. The summed E-state index contributed by atoms with van der Waals surface area (Å²) in [7, 11) is 0. The molecule has 0 aliphatic carbocycles. The van der Waals surface area contributed by atoms with Gasteiger partial charge in [-0.05, 0) is 12.3 Å². The summed E-state index contributed by atoms with van der Waals surface area (Å²) in [4.78, 5) is 2.48. The number of hydrogen-bond acceptors (Lipinski definition) is 1. The van der Waals surface area contributed by atoms with Gasteiger partial charge in [0.2, 0.25) is 0 Å². The highest BCUT2D eigenvalue weighted by atomic mass is 15.3. The fraction of sp³-hybridized carbons (Fsp3) is 0.800. The van der Waals surface area contributed by atoms with Gasteiger partial charge in [0.1, 0.15) is 0 Å². The molecule has 0 saturated carbocycles. The Balaban J connectivity index is 2.47. The predicted octanol–water partition coefficient (Wildman–Crippen LogP) is 2.29. The molecule has 3 atom stereocenters. The predicted molar refractivity (Wildman–Crippen MR) is 49.6 cm³/mol. The molecule has 0 aromatic rings. The Morgan fingerprint density at radius 1 is 1.45 bits per heavy atom. The summed E-state index contributed by atoms with van der Waals surface area (Å²) in [5, 5.41) is 0. The maximum Gasteiger partial charge on any atom is 0.0304 e. The Bertz CT molecular complexity index is 155. The van der Waals surface area contributed by atoms with Crippen molar-refractivity contribution in [2.75, 3.05) is 6.54 Å². The van der Waals surface area contributed by atoms with Crippen LogP contribution in [-0.2, 0) is 0 Å². The molecule has 0 aromatic carbocycles. The molecule has 1 aliphatic rings. The largest absolute Gasteiger partial charge is 0.290 e. The minimum absolute atomic E-state index is 0.433. The summed E-state index contributed by atoms with van der Waals surface area (Å²) < 4.78 is 0. The molecule has 0 amide bonds. The van der Waals surface area contributed by atoms with Gasteiger partial charge in [-0.2, -0.15) is 0 Å². The fourth-order valence-electron chi connectivity index (χ4n) is 2.06. The lowest BCUT2D eigenvalue weighted by molar-refractivity contribution is 0.340. The Kier molecular flexibility index (Phi) is 2.10. The summed E-state index contributed by atoms with van der Waals surface area (Å²) in [6.07, 6.45) is 1.99. The number of hydrogen-bond donors (Lipinski definition) is 0. The minimum Gasteiger partial charge on any atom is -0.290 e. The average molecular weight is 153 g/mol. The third kappa shape index (κ3) is 1.64. The molecule has 0 bridgehead atoms. The van der Waals surface area contributed by atoms with Crippen LogP contribution in [0.4, 0.5) is 0 Å². The molecule has 1 saturated heterocycles. The average Bonchev–Trinajstić information content (AvgIpc) is 2.41. The standard InChI is InChI=1S/C10H19N/c1-6-7-11-8(2)9(11)10(3,4)5/h6,8-9H,1,7H2,2-5H3/t8-,9+,11?/m0/s1. The van der Waals surface area contributed by atoms with Gasteiger partial charge < -0.3 is 0 Å². The first-order valence-electron chi connectivity index (χ1n) is 4.35. The van der Waals surface area contributed by atoms with Crippen molar-refractivity contribution in [3.8, 4) is 0 Å². The zero-order valence-corrected chi connectivity index (χ0v) is 8.09. The zero-order valence-electron chi connectivity index (χ0n) is 8.09. The van der Waals surface area contributed by atoms with Crippen LogP contribution in [0.5, 0.6) is 0 Å². The van der Waals surface area contributed by atoms with E-state index < -0.39 is 0 Å². The summed E-state index contributed by atoms with van der Waals surface area (Å²) in [5.74, 6) is 0. The van der Waals surface area contributed by atoms with Gasteiger partial charge in [0.15, 0.2) is 0 Å². The van der Waals surface area contributed by atoms with E-state index in [1.807, 2.05) is 6.08 Å². The highest BCUT2D eigenvalue weighted by Gasteiger charge is 2.49. The molecule has 1 aliphatic heterocycles. The van der Waals surface area contributed by atoms with E-state index in [9.17, 15) is 0 Å². The van der Waals surface area contributed by atoms with Crippen molar-refractivity contribution in [3.05, 3.63) is 12.7 Å². The van der Waals surface area contributed by atoms with Crippen molar-refractivity contribution in [2.45, 2.75) is 39.8 Å². The molecule has 0 spiro atoms. The van der Waals surface area contributed by atoms with Crippen LogP contribution in [0.1, 0.15) is 27.7 Å². The van der Waals surface area contributed by atoms with Crippen LogP contribution < -0.4 is 0 Å². The molecule has 1 fully saturated rings. The Morgan fingerprint density at radius 3 is 2.27 bits per heavy atom. The Labute approximate surface area is 70.1 Å². The van der Waals surface area contributed by atoms with Gasteiger partial charge in [0, 0.05) is 18.6 Å². The normalized spacial score (nSPS) is 36.9. The van der Waals surface area contributed by atoms with Crippen molar-refractivity contribution in [1.29, 1.82) is 0 Å². The lowest BCUT2D eigenvalue weighted by Gasteiger charge is -2.17. The molecular formula is C10H19N. The van der Waals surface area contributed by atoms with Crippen molar-refractivity contribution in [1.82, 2.24) is 4.90 Å². The highest BCUT2D eigenvalue weighted by Crippen LogP contribution is 2.40. The van der Waals surface area contributed by atoms with Crippen LogP contribution in [0.15, 0.2) is 12.7 Å². The molecule has 64 valence electrons. The first-order valence-corrected chi connectivity index (χ1v) is 4.35. The summed E-state index contributed by atoms with van der Waals surface area (Å²) in [6, 6.07) is 1.52. The van der Waals surface area contributed by atoms with Gasteiger partial charge in [0.05, 0.1) is 0 Å². The van der Waals surface area contributed by atoms with Crippen LogP contribution in [0.25, 0.3) is 0 Å². The van der Waals surface area contributed by atoms with Gasteiger partial charge >= 0.3 is 0 Å². The minimum atomic E-state index is 0.433. The molecule has 1 nitrogen and oxygen atoms in total. The second kappa shape index (κ2) is 2.63. The third-order valence-corrected chi connectivity index (χ3v) is 2.47. The SMILES string of the molecule is C=CCN1[C@@H](C)[C@@H]1C(C)(C)C. The number of rotatable bonds is 2. The molecular weight excluding hydrogens is 134 g/mol. The molecule has 1 heteroatoms. The summed E-state index contributed by atoms with van der Waals surface area (Å²) >= 11 is 0. The second-order valence-electron chi connectivity index (χ2n) is 4.54. The van der Waals surface area contributed by atoms with Crippen molar-refractivity contribution in [2.24, 2.45) is 5.41 Å². The van der Waals surface area contributed by atoms with Gasteiger partial charge in [0.25, 0.3) is 0 Å². The molecule has 0 N–H and O–H groups in total. The lowest BCUT2D eigenvalue weighted by atomic mass is 9.90. The maximum absolute atomic E-state index is 3.75. The first-order chi connectivity index (χ1) is 4.98. The van der Waals surface area contributed by atoms with Gasteiger partial charge in [-0.15, -0.1) is 6.58 Å². The van der Waals surface area contributed by atoms with Gasteiger partial charge in [-0.3, -0.25) is 4.90 Å². The number of nitrogens with zero attached hydrogens (tertiary/aromatic N) is 1. The fourth-order valence-corrected chi connectivity index (χ4v) is 2.06. The van der Waals surface area contributed by atoms with Crippen molar-refractivity contribution >= 4 is 0 Å². The summed E-state index contributed by atoms with van der Waals surface area (Å²) in [6.45, 7) is 14.0.